The molecule has 224 valence electrons. The van der Waals surface area contributed by atoms with Crippen LogP contribution in [0.15, 0.2) is 176 Å². The van der Waals surface area contributed by atoms with E-state index in [-0.39, 0.29) is 5.41 Å². The smallest absolute Gasteiger partial charge is 0.0719 e. The van der Waals surface area contributed by atoms with E-state index in [9.17, 15) is 0 Å². The molecule has 0 nitrogen and oxygen atoms in total. The Balaban J connectivity index is 1.24. The maximum atomic E-state index is 2.49. The summed E-state index contributed by atoms with van der Waals surface area (Å²) >= 11 is 0. The number of rotatable bonds is 4. The van der Waals surface area contributed by atoms with Crippen LogP contribution in [0, 0.1) is 0 Å². The van der Waals surface area contributed by atoms with Crippen LogP contribution in [0.1, 0.15) is 40.3 Å². The molecule has 0 aliphatic heterocycles. The molecule has 0 amide bonds. The van der Waals surface area contributed by atoms with Crippen LogP contribution in [-0.4, -0.2) is 5.80 Å². The van der Waals surface area contributed by atoms with Crippen molar-refractivity contribution in [1.29, 1.82) is 0 Å². The molecule has 0 saturated heterocycles. The Morgan fingerprint density at radius 3 is 1.49 bits per heavy atom. The van der Waals surface area contributed by atoms with Gasteiger partial charge in [0.25, 0.3) is 0 Å². The fourth-order valence-corrected chi connectivity index (χ4v) is 12.3. The highest BCUT2D eigenvalue weighted by Gasteiger charge is 2.49. The Hall–Kier alpha value is -5.16. The lowest BCUT2D eigenvalue weighted by atomic mass is 9.61. The van der Waals surface area contributed by atoms with E-state index >= 15 is 0 Å². The molecular formula is C46H35P. The van der Waals surface area contributed by atoms with Crippen LogP contribution >= 0.6 is 6.89 Å². The van der Waals surface area contributed by atoms with E-state index in [0.29, 0.717) is 0 Å². The second-order valence-corrected chi connectivity index (χ2v) is 16.3. The summed E-state index contributed by atoms with van der Waals surface area (Å²) in [5.74, 6) is 2.46. The Kier molecular flexibility index (Phi) is 6.56. The highest BCUT2D eigenvalue weighted by molar-refractivity contribution is 7.94. The van der Waals surface area contributed by atoms with Gasteiger partial charge in [-0.2, -0.15) is 0 Å². The van der Waals surface area contributed by atoms with Gasteiger partial charge in [0.1, 0.15) is 0 Å². The monoisotopic (exact) mass is 618 g/mol. The molecule has 0 bridgehead atoms. The van der Waals surface area contributed by atoms with Crippen LogP contribution in [0.25, 0.3) is 22.3 Å². The Morgan fingerprint density at radius 2 is 0.894 bits per heavy atom. The second-order valence-electron chi connectivity index (χ2n) is 12.7. The predicted molar refractivity (Wildman–Crippen MR) is 202 cm³/mol. The minimum absolute atomic E-state index is 0.341. The van der Waals surface area contributed by atoms with E-state index in [4.69, 9.17) is 0 Å². The van der Waals surface area contributed by atoms with Crippen molar-refractivity contribution in [3.63, 3.8) is 0 Å². The molecular weight excluding hydrogens is 583 g/mol. The first-order valence-electron chi connectivity index (χ1n) is 16.6. The Bertz CT molecular complexity index is 2240. The molecule has 2 aliphatic carbocycles. The molecule has 7 aromatic rings. The molecule has 0 heterocycles. The van der Waals surface area contributed by atoms with Crippen molar-refractivity contribution in [2.75, 3.05) is 0 Å². The largest absolute Gasteiger partial charge is 0.0774 e. The molecule has 0 fully saturated rings. The van der Waals surface area contributed by atoms with Gasteiger partial charge in [-0.15, -0.1) is 0 Å². The third-order valence-corrected chi connectivity index (χ3v) is 14.7. The van der Waals surface area contributed by atoms with Gasteiger partial charge in [-0.25, -0.2) is 0 Å². The zero-order valence-electron chi connectivity index (χ0n) is 26.5. The normalized spacial score (nSPS) is 13.7. The quantitative estimate of drug-likeness (QED) is 0.172. The van der Waals surface area contributed by atoms with Crippen LogP contribution in [0.4, 0.5) is 0 Å². The second kappa shape index (κ2) is 11.0. The number of benzene rings is 7. The predicted octanol–water partition coefficient (Wildman–Crippen LogP) is 9.74. The zero-order valence-corrected chi connectivity index (χ0v) is 27.4. The van der Waals surface area contributed by atoms with Crippen LogP contribution in [0.2, 0.25) is 0 Å². The van der Waals surface area contributed by atoms with E-state index in [0.717, 1.165) is 6.42 Å². The molecule has 1 spiro atoms. The van der Waals surface area contributed by atoms with Gasteiger partial charge in [0.2, 0.25) is 0 Å². The summed E-state index contributed by atoms with van der Waals surface area (Å²) < 4.78 is 0. The maximum absolute atomic E-state index is 2.49. The first-order valence-corrected chi connectivity index (χ1v) is 18.4. The van der Waals surface area contributed by atoms with Gasteiger partial charge >= 0.3 is 0 Å². The minimum atomic E-state index is -1.92. The van der Waals surface area contributed by atoms with E-state index in [2.05, 4.69) is 189 Å². The van der Waals surface area contributed by atoms with E-state index in [1.54, 1.807) is 0 Å². The fraction of sp³-hybridized carbons (Fsp3) is 0.0652. The molecule has 0 atom stereocenters. The van der Waals surface area contributed by atoms with E-state index in [1.807, 2.05) is 0 Å². The molecule has 2 aliphatic rings. The van der Waals surface area contributed by atoms with Crippen LogP contribution in [-0.2, 0) is 11.8 Å². The summed E-state index contributed by atoms with van der Waals surface area (Å²) in [6.45, 7) is 0.312. The van der Waals surface area contributed by atoms with Crippen molar-refractivity contribution < 1.29 is 0 Å². The van der Waals surface area contributed by atoms with Crippen molar-refractivity contribution in [2.45, 2.75) is 18.8 Å². The van der Waals surface area contributed by atoms with Gasteiger partial charge in [-0.1, -0.05) is 176 Å². The van der Waals surface area contributed by atoms with Gasteiger partial charge < -0.3 is 0 Å². The highest BCUT2D eigenvalue weighted by Crippen LogP contribution is 2.59. The Morgan fingerprint density at radius 1 is 0.426 bits per heavy atom. The lowest BCUT2D eigenvalue weighted by Gasteiger charge is -2.40. The molecule has 0 N–H and O–H groups in total. The zero-order chi connectivity index (χ0) is 31.4. The van der Waals surface area contributed by atoms with Crippen molar-refractivity contribution in [3.05, 3.63) is 209 Å². The molecule has 47 heavy (non-hydrogen) atoms. The lowest BCUT2D eigenvalue weighted by Crippen LogP contribution is -2.34. The molecule has 0 radical (unpaired) electrons. The third-order valence-electron chi connectivity index (χ3n) is 10.6. The fourth-order valence-electron chi connectivity index (χ4n) is 8.58. The minimum Gasteiger partial charge on any atom is -0.0774 e. The van der Waals surface area contributed by atoms with Crippen molar-refractivity contribution >= 4 is 28.6 Å². The first kappa shape index (κ1) is 28.1. The van der Waals surface area contributed by atoms with Gasteiger partial charge in [-0.3, -0.25) is 0 Å². The van der Waals surface area contributed by atoms with Gasteiger partial charge in [-0.05, 0) is 97.8 Å². The molecule has 0 saturated carbocycles. The summed E-state index contributed by atoms with van der Waals surface area (Å²) in [6.07, 6.45) is 0.967. The molecule has 0 unspecified atom stereocenters. The average molecular weight is 619 g/mol. The van der Waals surface area contributed by atoms with Crippen molar-refractivity contribution in [1.82, 2.24) is 0 Å². The third kappa shape index (κ3) is 4.02. The van der Waals surface area contributed by atoms with Crippen molar-refractivity contribution in [2.24, 2.45) is 0 Å². The standard InChI is InChI=1S/C46H35P/c1-2-47(37-17-5-3-6-18-37,38-19-7-4-8-20-38)39-28-25-33(26-29-39)34-27-30-41-40-21-11-14-24-44(40)46(45(41)32-34)42-22-12-9-15-35(42)31-36-16-10-13-23-43(36)46/h2-30,32H,31H2,1H3. The number of hydrogen-bond donors (Lipinski definition) is 0. The summed E-state index contributed by atoms with van der Waals surface area (Å²) in [7, 11) is 0. The molecule has 0 aromatic heterocycles. The maximum Gasteiger partial charge on any atom is 0.0719 e. The lowest BCUT2D eigenvalue weighted by molar-refractivity contribution is 0.722. The topological polar surface area (TPSA) is 0 Å². The summed E-state index contributed by atoms with van der Waals surface area (Å²) in [5, 5.41) is 4.14. The highest BCUT2D eigenvalue weighted by atomic mass is 31.2. The first-order chi connectivity index (χ1) is 23.2. The SMILES string of the molecule is CC=P(c1ccccc1)(c1ccccc1)c1ccc(-c2ccc3c(c2)C2(c4ccccc4Cc4ccccc42)c2ccccc2-3)cc1. The van der Waals surface area contributed by atoms with Crippen LogP contribution in [0.5, 0.6) is 0 Å². The number of hydrogen-bond acceptors (Lipinski definition) is 0. The van der Waals surface area contributed by atoms with Crippen molar-refractivity contribution in [3.8, 4) is 22.3 Å². The molecule has 1 heteroatoms. The Labute approximate surface area is 278 Å². The average Bonchev–Trinajstić information content (AvgIpc) is 3.43. The van der Waals surface area contributed by atoms with Gasteiger partial charge in [0.15, 0.2) is 0 Å². The molecule has 9 rings (SSSR count). The van der Waals surface area contributed by atoms with Gasteiger partial charge in [0, 0.05) is 0 Å². The molecule has 7 aromatic carbocycles. The number of fused-ring (bicyclic) bond motifs is 9. The van der Waals surface area contributed by atoms with E-state index < -0.39 is 6.89 Å². The van der Waals surface area contributed by atoms with Crippen LogP contribution in [0.3, 0.4) is 0 Å². The summed E-state index contributed by atoms with van der Waals surface area (Å²) in [5.41, 5.74) is 13.3. The van der Waals surface area contributed by atoms with Crippen LogP contribution < -0.4 is 15.9 Å². The van der Waals surface area contributed by atoms with Gasteiger partial charge in [0.05, 0.1) is 5.41 Å². The summed E-state index contributed by atoms with van der Waals surface area (Å²) in [4.78, 5) is 0. The summed E-state index contributed by atoms with van der Waals surface area (Å²) in [6, 6.07) is 66.1. The van der Waals surface area contributed by atoms with E-state index in [1.165, 1.54) is 71.5 Å².